The molecule has 0 bridgehead atoms. The normalized spacial score (nSPS) is 14.0. The van der Waals surface area contributed by atoms with Crippen molar-refractivity contribution in [2.24, 2.45) is 0 Å². The number of pyridine rings is 2. The first kappa shape index (κ1) is 19.3. The molecule has 2 N–H and O–H groups in total. The fourth-order valence-electron chi connectivity index (χ4n) is 3.79. The molecule has 2 aromatic carbocycles. The van der Waals surface area contributed by atoms with Crippen LogP contribution in [0.5, 0.6) is 0 Å². The van der Waals surface area contributed by atoms with E-state index >= 15 is 0 Å². The number of halogens is 1. The van der Waals surface area contributed by atoms with Crippen LogP contribution >= 0.6 is 0 Å². The van der Waals surface area contributed by atoms with Gasteiger partial charge in [0.25, 0.3) is 5.56 Å². The van der Waals surface area contributed by atoms with Crippen LogP contribution < -0.4 is 15.8 Å². The van der Waals surface area contributed by atoms with E-state index in [0.29, 0.717) is 16.9 Å². The Hall–Kier alpha value is -3.71. The molecule has 2 aromatic heterocycles. The average molecular weight is 416 g/mol. The van der Waals surface area contributed by atoms with Crippen LogP contribution in [0.4, 0.5) is 21.6 Å². The highest BCUT2D eigenvalue weighted by atomic mass is 19.1. The second-order valence-corrected chi connectivity index (χ2v) is 7.41. The molecule has 1 saturated heterocycles. The minimum atomic E-state index is -0.306. The number of H-pyrrole nitrogens is 1. The third kappa shape index (κ3) is 4.00. The van der Waals surface area contributed by atoms with Crippen molar-refractivity contribution in [3.8, 4) is 11.3 Å². The Morgan fingerprint density at radius 1 is 1.00 bits per heavy atom. The fraction of sp³-hybridized carbons (Fsp3) is 0.167. The van der Waals surface area contributed by atoms with E-state index < -0.39 is 0 Å². The molecule has 31 heavy (non-hydrogen) atoms. The molecule has 0 aliphatic carbocycles. The van der Waals surface area contributed by atoms with Crippen molar-refractivity contribution in [3.63, 3.8) is 0 Å². The molecule has 0 radical (unpaired) electrons. The smallest absolute Gasteiger partial charge is 0.259 e. The summed E-state index contributed by atoms with van der Waals surface area (Å²) in [5.41, 5.74) is 3.16. The van der Waals surface area contributed by atoms with Gasteiger partial charge < -0.3 is 19.9 Å². The van der Waals surface area contributed by atoms with E-state index in [1.807, 2.05) is 36.4 Å². The van der Waals surface area contributed by atoms with Crippen LogP contribution in [0.25, 0.3) is 22.0 Å². The highest BCUT2D eigenvalue weighted by molar-refractivity contribution is 5.95. The predicted octanol–water partition coefficient (Wildman–Crippen LogP) is 4.31. The van der Waals surface area contributed by atoms with Crippen molar-refractivity contribution in [1.82, 2.24) is 9.97 Å². The number of aromatic amines is 1. The van der Waals surface area contributed by atoms with Crippen molar-refractivity contribution in [1.29, 1.82) is 0 Å². The van der Waals surface area contributed by atoms with E-state index in [-0.39, 0.29) is 11.4 Å². The van der Waals surface area contributed by atoms with Crippen LogP contribution in [-0.4, -0.2) is 36.3 Å². The molecule has 0 atom stereocenters. The van der Waals surface area contributed by atoms with Crippen LogP contribution in [0.3, 0.4) is 0 Å². The summed E-state index contributed by atoms with van der Waals surface area (Å²) in [7, 11) is 0. The van der Waals surface area contributed by atoms with Gasteiger partial charge in [-0.2, -0.15) is 0 Å². The number of anilines is 3. The highest BCUT2D eigenvalue weighted by Gasteiger charge is 2.13. The third-order valence-electron chi connectivity index (χ3n) is 5.40. The average Bonchev–Trinajstić information content (AvgIpc) is 2.80. The maximum atomic E-state index is 13.4. The Morgan fingerprint density at radius 3 is 2.48 bits per heavy atom. The fourth-order valence-corrected chi connectivity index (χ4v) is 3.79. The van der Waals surface area contributed by atoms with Gasteiger partial charge in [0.15, 0.2) is 0 Å². The van der Waals surface area contributed by atoms with E-state index in [1.165, 1.54) is 12.1 Å². The summed E-state index contributed by atoms with van der Waals surface area (Å²) in [6.07, 6.45) is 1.61. The molecule has 5 rings (SSSR count). The molecule has 0 spiro atoms. The van der Waals surface area contributed by atoms with Crippen LogP contribution in [-0.2, 0) is 4.74 Å². The molecule has 1 fully saturated rings. The lowest BCUT2D eigenvalue weighted by molar-refractivity contribution is 0.122. The van der Waals surface area contributed by atoms with Crippen molar-refractivity contribution in [2.45, 2.75) is 0 Å². The topological polar surface area (TPSA) is 70.2 Å². The Balaban J connectivity index is 1.52. The second-order valence-electron chi connectivity index (χ2n) is 7.41. The number of morpholine rings is 1. The monoisotopic (exact) mass is 416 g/mol. The van der Waals surface area contributed by atoms with Gasteiger partial charge in [-0.15, -0.1) is 0 Å². The van der Waals surface area contributed by atoms with Crippen molar-refractivity contribution in [2.75, 3.05) is 36.5 Å². The lowest BCUT2D eigenvalue weighted by atomic mass is 10.1. The van der Waals surface area contributed by atoms with Crippen LogP contribution in [0.2, 0.25) is 0 Å². The van der Waals surface area contributed by atoms with Crippen LogP contribution in [0.15, 0.2) is 71.7 Å². The molecule has 7 heteroatoms. The van der Waals surface area contributed by atoms with Crippen LogP contribution in [0, 0.1) is 5.82 Å². The summed E-state index contributed by atoms with van der Waals surface area (Å²) in [5.74, 6) is 0.150. The number of benzene rings is 2. The zero-order chi connectivity index (χ0) is 21.2. The number of fused-ring (bicyclic) bond motifs is 1. The number of hydrogen-bond donors (Lipinski definition) is 2. The van der Waals surface area contributed by atoms with Gasteiger partial charge in [0.2, 0.25) is 0 Å². The lowest BCUT2D eigenvalue weighted by Crippen LogP contribution is -2.36. The molecule has 0 saturated carbocycles. The summed E-state index contributed by atoms with van der Waals surface area (Å²) >= 11 is 0. The molecule has 0 amide bonds. The minimum absolute atomic E-state index is 0.219. The number of aromatic nitrogens is 2. The largest absolute Gasteiger partial charge is 0.378 e. The molecule has 3 heterocycles. The van der Waals surface area contributed by atoms with Crippen LogP contribution in [0.1, 0.15) is 0 Å². The van der Waals surface area contributed by atoms with Gasteiger partial charge in [-0.3, -0.25) is 4.79 Å². The summed E-state index contributed by atoms with van der Waals surface area (Å²) in [6, 6.07) is 17.9. The number of ether oxygens (including phenoxy) is 1. The maximum absolute atomic E-state index is 13.4. The summed E-state index contributed by atoms with van der Waals surface area (Å²) < 4.78 is 18.8. The van der Waals surface area contributed by atoms with Gasteiger partial charge in [-0.1, -0.05) is 0 Å². The Bertz CT molecular complexity index is 1260. The molecule has 156 valence electrons. The van der Waals surface area contributed by atoms with Gasteiger partial charge in [0.05, 0.1) is 24.3 Å². The van der Waals surface area contributed by atoms with E-state index in [2.05, 4.69) is 20.2 Å². The Labute approximate surface area is 178 Å². The Morgan fingerprint density at radius 2 is 1.74 bits per heavy atom. The van der Waals surface area contributed by atoms with Gasteiger partial charge in [0.1, 0.15) is 11.6 Å². The first-order valence-corrected chi connectivity index (χ1v) is 10.2. The van der Waals surface area contributed by atoms with Gasteiger partial charge in [-0.25, -0.2) is 9.37 Å². The van der Waals surface area contributed by atoms with E-state index in [0.717, 1.165) is 48.6 Å². The Kier molecular flexibility index (Phi) is 5.09. The summed E-state index contributed by atoms with van der Waals surface area (Å²) in [6.45, 7) is 3.20. The number of nitrogens with one attached hydrogen (secondary N) is 2. The first-order valence-electron chi connectivity index (χ1n) is 10.2. The van der Waals surface area contributed by atoms with E-state index in [1.54, 1.807) is 18.3 Å². The highest BCUT2D eigenvalue weighted by Crippen LogP contribution is 2.28. The van der Waals surface area contributed by atoms with Gasteiger partial charge in [0, 0.05) is 36.2 Å². The quantitative estimate of drug-likeness (QED) is 0.519. The van der Waals surface area contributed by atoms with Crippen molar-refractivity contribution < 1.29 is 9.13 Å². The summed E-state index contributed by atoms with van der Waals surface area (Å²) in [4.78, 5) is 22.2. The predicted molar refractivity (Wildman–Crippen MR) is 121 cm³/mol. The first-order chi connectivity index (χ1) is 15.2. The molecule has 0 unspecified atom stereocenters. The van der Waals surface area contributed by atoms with E-state index in [4.69, 9.17) is 4.74 Å². The third-order valence-corrected chi connectivity index (χ3v) is 5.40. The molecule has 4 aromatic rings. The lowest BCUT2D eigenvalue weighted by Gasteiger charge is -2.28. The molecular weight excluding hydrogens is 395 g/mol. The van der Waals surface area contributed by atoms with Crippen molar-refractivity contribution in [3.05, 3.63) is 83.0 Å². The molecule has 1 aliphatic heterocycles. The maximum Gasteiger partial charge on any atom is 0.259 e. The zero-order valence-corrected chi connectivity index (χ0v) is 16.8. The summed E-state index contributed by atoms with van der Waals surface area (Å²) in [5, 5.41) is 4.52. The molecule has 6 nitrogen and oxygen atoms in total. The molecule has 1 aliphatic rings. The second kappa shape index (κ2) is 8.20. The van der Waals surface area contributed by atoms with E-state index in [9.17, 15) is 9.18 Å². The number of hydrogen-bond acceptors (Lipinski definition) is 5. The molecular formula is C24H21FN4O2. The number of nitrogens with zero attached hydrogens (tertiary/aromatic N) is 2. The van der Waals surface area contributed by atoms with Gasteiger partial charge >= 0.3 is 0 Å². The SMILES string of the molecule is O=c1[nH]ccc2cc(-c3ccc(F)cc3)nc(Nc3ccc(N4CCOCC4)cc3)c12. The number of rotatable bonds is 4. The van der Waals surface area contributed by atoms with Crippen molar-refractivity contribution >= 4 is 28.0 Å². The minimum Gasteiger partial charge on any atom is -0.378 e. The van der Waals surface area contributed by atoms with Gasteiger partial charge in [-0.05, 0) is 66.0 Å². The zero-order valence-electron chi connectivity index (χ0n) is 16.8. The standard InChI is InChI=1S/C24H21FN4O2/c25-18-3-1-16(2-4-18)21-15-17-9-10-26-24(30)22(17)23(28-21)27-19-5-7-20(8-6-19)29-11-13-31-14-12-29/h1-10,15H,11-14H2,(H,26,30)(H,27,28).